The number of ether oxygens (including phenoxy) is 3. The molecule has 202 valence electrons. The lowest BCUT2D eigenvalue weighted by atomic mass is 9.62. The molecule has 2 aromatic carbocycles. The Morgan fingerprint density at radius 1 is 1.16 bits per heavy atom. The van der Waals surface area contributed by atoms with Gasteiger partial charge in [0, 0.05) is 19.4 Å². The van der Waals surface area contributed by atoms with Crippen LogP contribution in [-0.4, -0.2) is 86.3 Å². The maximum Gasteiger partial charge on any atom is 0.207 e. The SMILES string of the molecule is CO[C@H]1C(=O)C(C(C)=O)=C(O)[C@]2(O[C@H]3C[C@@H](O)[C@H](O)[C@@H](C)O3)C(=O)c3c(cc4cccc(O)c4c3O)C[C@H]12. The fraction of sp³-hybridized carbons (Fsp3) is 0.444. The number of fused-ring (bicyclic) bond motifs is 3. The quantitative estimate of drug-likeness (QED) is 0.360. The van der Waals surface area contributed by atoms with Crippen LogP contribution in [0.5, 0.6) is 11.5 Å². The van der Waals surface area contributed by atoms with Crippen LogP contribution in [0.4, 0.5) is 0 Å². The van der Waals surface area contributed by atoms with Gasteiger partial charge in [0.15, 0.2) is 23.5 Å². The van der Waals surface area contributed by atoms with E-state index in [1.165, 1.54) is 20.1 Å². The van der Waals surface area contributed by atoms with Crippen LogP contribution in [0.2, 0.25) is 0 Å². The van der Waals surface area contributed by atoms with Gasteiger partial charge in [0.05, 0.1) is 23.2 Å². The smallest absolute Gasteiger partial charge is 0.207 e. The molecule has 1 aliphatic heterocycles. The molecule has 0 amide bonds. The first kappa shape index (κ1) is 26.3. The Hall–Kier alpha value is -3.35. The summed E-state index contributed by atoms with van der Waals surface area (Å²) in [4.78, 5) is 40.2. The molecule has 1 fully saturated rings. The Labute approximate surface area is 216 Å². The second-order valence-corrected chi connectivity index (χ2v) is 9.99. The number of benzene rings is 2. The van der Waals surface area contributed by atoms with E-state index < -0.39 is 76.7 Å². The molecule has 3 aliphatic rings. The van der Waals surface area contributed by atoms with Crippen molar-refractivity contribution in [2.75, 3.05) is 7.11 Å². The number of methoxy groups -OCH3 is 1. The van der Waals surface area contributed by atoms with Gasteiger partial charge in [-0.1, -0.05) is 18.2 Å². The molecular formula is C27H28O11. The van der Waals surface area contributed by atoms with Gasteiger partial charge in [-0.2, -0.15) is 0 Å². The molecule has 0 unspecified atom stereocenters. The molecule has 11 heteroatoms. The molecule has 5 rings (SSSR count). The minimum absolute atomic E-state index is 0.000258. The molecule has 38 heavy (non-hydrogen) atoms. The van der Waals surface area contributed by atoms with Crippen molar-refractivity contribution in [3.8, 4) is 11.5 Å². The second kappa shape index (κ2) is 9.14. The van der Waals surface area contributed by atoms with E-state index in [1.807, 2.05) is 0 Å². The summed E-state index contributed by atoms with van der Waals surface area (Å²) in [6, 6.07) is 6.13. The van der Waals surface area contributed by atoms with Gasteiger partial charge in [0.1, 0.15) is 35.0 Å². The predicted molar refractivity (Wildman–Crippen MR) is 130 cm³/mol. The van der Waals surface area contributed by atoms with E-state index in [0.717, 1.165) is 6.92 Å². The molecule has 0 saturated carbocycles. The van der Waals surface area contributed by atoms with E-state index in [0.29, 0.717) is 10.9 Å². The summed E-state index contributed by atoms with van der Waals surface area (Å²) < 4.78 is 17.3. The molecule has 0 spiro atoms. The predicted octanol–water partition coefficient (Wildman–Crippen LogP) is 1.22. The van der Waals surface area contributed by atoms with E-state index in [2.05, 4.69) is 0 Å². The zero-order valence-electron chi connectivity index (χ0n) is 20.9. The van der Waals surface area contributed by atoms with Gasteiger partial charge in [-0.05, 0) is 37.3 Å². The van der Waals surface area contributed by atoms with Crippen molar-refractivity contribution in [1.29, 1.82) is 0 Å². The number of phenols is 2. The minimum atomic E-state index is -2.43. The summed E-state index contributed by atoms with van der Waals surface area (Å²) >= 11 is 0. The standard InChI is InChI=1S/C27H28O11/c1-10(28)18-23(33)24(36-3)14-8-13-7-12-5-4-6-15(29)19(12)22(32)20(13)26(35)27(14,25(18)34)38-17-9-16(30)21(31)11(2)37-17/h4-7,11,14,16-17,21,24,29-32,34H,8-9H2,1-3H3/t11-,14-,16-,17+,21-,24-,27+/m1/s1. The lowest BCUT2D eigenvalue weighted by molar-refractivity contribution is -0.281. The van der Waals surface area contributed by atoms with E-state index in [9.17, 15) is 39.9 Å². The average molecular weight is 529 g/mol. The molecule has 1 heterocycles. The van der Waals surface area contributed by atoms with Crippen LogP contribution in [0.15, 0.2) is 35.6 Å². The first-order valence-electron chi connectivity index (χ1n) is 12.2. The Morgan fingerprint density at radius 3 is 2.50 bits per heavy atom. The molecule has 7 atom stereocenters. The van der Waals surface area contributed by atoms with Crippen LogP contribution < -0.4 is 0 Å². The van der Waals surface area contributed by atoms with E-state index in [-0.39, 0.29) is 29.5 Å². The number of carbonyl (C=O) groups excluding carboxylic acids is 3. The summed E-state index contributed by atoms with van der Waals surface area (Å²) in [7, 11) is 1.22. The van der Waals surface area contributed by atoms with Crippen LogP contribution in [0.1, 0.15) is 36.2 Å². The normalized spacial score (nSPS) is 33.3. The number of hydrogen-bond acceptors (Lipinski definition) is 11. The maximum absolute atomic E-state index is 14.4. The third-order valence-electron chi connectivity index (χ3n) is 7.78. The second-order valence-electron chi connectivity index (χ2n) is 9.99. The first-order chi connectivity index (χ1) is 17.9. The molecule has 2 aliphatic carbocycles. The van der Waals surface area contributed by atoms with Crippen LogP contribution in [-0.2, 0) is 30.2 Å². The minimum Gasteiger partial charge on any atom is -0.508 e. The zero-order chi connectivity index (χ0) is 27.7. The number of phenolic OH excluding ortho intramolecular Hbond substituents is 2. The van der Waals surface area contributed by atoms with Crippen LogP contribution in [0.3, 0.4) is 0 Å². The Bertz CT molecular complexity index is 1380. The highest BCUT2D eigenvalue weighted by Gasteiger charge is 2.64. The molecule has 0 radical (unpaired) electrons. The van der Waals surface area contributed by atoms with Crippen LogP contribution in [0.25, 0.3) is 10.8 Å². The van der Waals surface area contributed by atoms with Crippen molar-refractivity contribution in [2.45, 2.75) is 63.0 Å². The molecule has 11 nitrogen and oxygen atoms in total. The van der Waals surface area contributed by atoms with Crippen molar-refractivity contribution in [1.82, 2.24) is 0 Å². The Kier molecular flexibility index (Phi) is 6.32. The van der Waals surface area contributed by atoms with Crippen molar-refractivity contribution in [3.63, 3.8) is 0 Å². The van der Waals surface area contributed by atoms with Crippen LogP contribution >= 0.6 is 0 Å². The highest BCUT2D eigenvalue weighted by atomic mass is 16.7. The largest absolute Gasteiger partial charge is 0.508 e. The number of aromatic hydroxyl groups is 2. The third kappa shape index (κ3) is 3.57. The monoisotopic (exact) mass is 528 g/mol. The average Bonchev–Trinajstić information content (AvgIpc) is 2.84. The van der Waals surface area contributed by atoms with Crippen molar-refractivity contribution in [3.05, 3.63) is 46.7 Å². The number of carbonyl (C=O) groups is 3. The number of aliphatic hydroxyl groups excluding tert-OH is 3. The molecule has 1 saturated heterocycles. The van der Waals surface area contributed by atoms with E-state index in [4.69, 9.17) is 14.2 Å². The lowest BCUT2D eigenvalue weighted by Crippen LogP contribution is -2.65. The van der Waals surface area contributed by atoms with Crippen LogP contribution in [0, 0.1) is 5.92 Å². The number of rotatable bonds is 4. The Morgan fingerprint density at radius 2 is 1.87 bits per heavy atom. The number of hydrogen-bond donors (Lipinski definition) is 5. The van der Waals surface area contributed by atoms with Gasteiger partial charge in [-0.15, -0.1) is 0 Å². The van der Waals surface area contributed by atoms with Crippen molar-refractivity contribution >= 4 is 28.1 Å². The molecule has 0 bridgehead atoms. The molecule has 5 N–H and O–H groups in total. The summed E-state index contributed by atoms with van der Waals surface area (Å²) in [6.07, 6.45) is -6.58. The van der Waals surface area contributed by atoms with Crippen molar-refractivity contribution in [2.24, 2.45) is 5.92 Å². The van der Waals surface area contributed by atoms with Gasteiger partial charge in [0.2, 0.25) is 5.78 Å². The zero-order valence-corrected chi connectivity index (χ0v) is 20.9. The molecular weight excluding hydrogens is 500 g/mol. The summed E-state index contributed by atoms with van der Waals surface area (Å²) in [5.41, 5.74) is -3.06. The molecule has 2 aromatic rings. The third-order valence-corrected chi connectivity index (χ3v) is 7.78. The molecule has 0 aromatic heterocycles. The topological polar surface area (TPSA) is 180 Å². The summed E-state index contributed by atoms with van der Waals surface area (Å²) in [6.45, 7) is 2.53. The summed E-state index contributed by atoms with van der Waals surface area (Å²) in [5, 5.41) is 54.0. The van der Waals surface area contributed by atoms with Gasteiger partial charge < -0.3 is 39.7 Å². The fourth-order valence-electron chi connectivity index (χ4n) is 5.97. The van der Waals surface area contributed by atoms with Crippen molar-refractivity contribution < 1.29 is 54.1 Å². The number of aliphatic hydroxyl groups is 3. The van der Waals surface area contributed by atoms with E-state index >= 15 is 0 Å². The van der Waals surface area contributed by atoms with Gasteiger partial charge in [-0.25, -0.2) is 0 Å². The van der Waals surface area contributed by atoms with Gasteiger partial charge >= 0.3 is 0 Å². The fourth-order valence-corrected chi connectivity index (χ4v) is 5.97. The highest BCUT2D eigenvalue weighted by molar-refractivity contribution is 6.25. The van der Waals surface area contributed by atoms with Gasteiger partial charge in [-0.3, -0.25) is 14.4 Å². The van der Waals surface area contributed by atoms with Gasteiger partial charge in [0.25, 0.3) is 0 Å². The highest BCUT2D eigenvalue weighted by Crippen LogP contribution is 2.52. The lowest BCUT2D eigenvalue weighted by Gasteiger charge is -2.50. The Balaban J connectivity index is 1.78. The number of Topliss-reactive ketones (excluding diaryl/α,β-unsaturated/α-hetero) is 3. The first-order valence-corrected chi connectivity index (χ1v) is 12.2. The maximum atomic E-state index is 14.4. The number of ketones is 3. The van der Waals surface area contributed by atoms with E-state index in [1.54, 1.807) is 18.2 Å². The summed E-state index contributed by atoms with van der Waals surface area (Å²) in [5.74, 6) is -5.62.